The highest BCUT2D eigenvalue weighted by Crippen LogP contribution is 2.22. The Hall–Kier alpha value is -2.16. The fraction of sp³-hybridized carbons (Fsp3) is 0.167. The summed E-state index contributed by atoms with van der Waals surface area (Å²) in [4.78, 5) is 18.2. The SMILES string of the molecule is CNc1nc(Nc2ccc(CN)cc2)ncc1[N+](=O)[O-].Cl.Cl. The normalized spacial score (nSPS) is 9.18. The molecule has 0 aliphatic carbocycles. The molecule has 0 spiro atoms. The van der Waals surface area contributed by atoms with E-state index >= 15 is 0 Å². The first kappa shape index (κ1) is 19.8. The van der Waals surface area contributed by atoms with E-state index in [1.54, 1.807) is 7.05 Å². The molecule has 0 aliphatic rings. The zero-order valence-corrected chi connectivity index (χ0v) is 13.3. The van der Waals surface area contributed by atoms with Crippen LogP contribution in [-0.4, -0.2) is 21.9 Å². The number of aromatic nitrogens is 2. The minimum Gasteiger partial charge on any atom is -0.367 e. The van der Waals surface area contributed by atoms with Crippen LogP contribution in [0.15, 0.2) is 30.5 Å². The van der Waals surface area contributed by atoms with E-state index in [9.17, 15) is 10.1 Å². The van der Waals surface area contributed by atoms with Gasteiger partial charge in [0.15, 0.2) is 0 Å². The molecule has 0 unspecified atom stereocenters. The van der Waals surface area contributed by atoms with Crippen molar-refractivity contribution in [3.05, 3.63) is 46.1 Å². The maximum Gasteiger partial charge on any atom is 0.329 e. The number of hydrogen-bond donors (Lipinski definition) is 3. The van der Waals surface area contributed by atoms with E-state index in [0.717, 1.165) is 17.4 Å². The standard InChI is InChI=1S/C12H14N6O2.2ClH/c1-14-11-10(18(19)20)7-15-12(17-11)16-9-4-2-8(6-13)3-5-9;;/h2-5,7H,6,13H2,1H3,(H2,14,15,16,17);2*1H. The molecule has 0 bridgehead atoms. The molecule has 0 atom stereocenters. The number of halogens is 2. The Morgan fingerprint density at radius 3 is 2.41 bits per heavy atom. The van der Waals surface area contributed by atoms with E-state index < -0.39 is 4.92 Å². The Bertz CT molecular complexity index is 624. The van der Waals surface area contributed by atoms with Crippen LogP contribution in [0.1, 0.15) is 5.56 Å². The highest BCUT2D eigenvalue weighted by Gasteiger charge is 2.15. The van der Waals surface area contributed by atoms with Gasteiger partial charge >= 0.3 is 5.69 Å². The van der Waals surface area contributed by atoms with Crippen molar-refractivity contribution >= 4 is 48.0 Å². The van der Waals surface area contributed by atoms with Gasteiger partial charge in [0.2, 0.25) is 11.8 Å². The summed E-state index contributed by atoms with van der Waals surface area (Å²) < 4.78 is 0. The summed E-state index contributed by atoms with van der Waals surface area (Å²) in [5, 5.41) is 16.4. The summed E-state index contributed by atoms with van der Waals surface area (Å²) in [5.74, 6) is 0.437. The molecule has 22 heavy (non-hydrogen) atoms. The van der Waals surface area contributed by atoms with Crippen LogP contribution in [-0.2, 0) is 6.54 Å². The van der Waals surface area contributed by atoms with Gasteiger partial charge in [0.05, 0.1) is 4.92 Å². The van der Waals surface area contributed by atoms with E-state index in [1.807, 2.05) is 24.3 Å². The summed E-state index contributed by atoms with van der Waals surface area (Å²) in [5.41, 5.74) is 7.13. The van der Waals surface area contributed by atoms with Gasteiger partial charge in [-0.2, -0.15) is 4.98 Å². The van der Waals surface area contributed by atoms with Crippen LogP contribution in [0.3, 0.4) is 0 Å². The lowest BCUT2D eigenvalue weighted by atomic mass is 10.2. The highest BCUT2D eigenvalue weighted by atomic mass is 35.5. The van der Waals surface area contributed by atoms with Crippen LogP contribution in [0, 0.1) is 10.1 Å². The third kappa shape index (κ3) is 4.69. The van der Waals surface area contributed by atoms with Crippen LogP contribution in [0.2, 0.25) is 0 Å². The number of anilines is 3. The minimum absolute atomic E-state index is 0. The third-order valence-electron chi connectivity index (χ3n) is 2.65. The number of nitrogens with one attached hydrogen (secondary N) is 2. The highest BCUT2D eigenvalue weighted by molar-refractivity contribution is 5.85. The first-order valence-corrected chi connectivity index (χ1v) is 5.89. The molecule has 0 amide bonds. The van der Waals surface area contributed by atoms with E-state index in [-0.39, 0.29) is 42.3 Å². The molecule has 0 saturated heterocycles. The number of nitrogens with zero attached hydrogens (tertiary/aromatic N) is 3. The molecular weight excluding hydrogens is 331 g/mol. The smallest absolute Gasteiger partial charge is 0.329 e. The molecule has 8 nitrogen and oxygen atoms in total. The lowest BCUT2D eigenvalue weighted by Gasteiger charge is -2.07. The molecule has 0 radical (unpaired) electrons. The summed E-state index contributed by atoms with van der Waals surface area (Å²) >= 11 is 0. The minimum atomic E-state index is -0.536. The van der Waals surface area contributed by atoms with Crippen molar-refractivity contribution in [3.8, 4) is 0 Å². The van der Waals surface area contributed by atoms with E-state index in [2.05, 4.69) is 20.6 Å². The van der Waals surface area contributed by atoms with Crippen LogP contribution in [0.5, 0.6) is 0 Å². The van der Waals surface area contributed by atoms with Crippen LogP contribution >= 0.6 is 24.8 Å². The van der Waals surface area contributed by atoms with Gasteiger partial charge in [0.25, 0.3) is 0 Å². The van der Waals surface area contributed by atoms with Gasteiger partial charge in [-0.15, -0.1) is 24.8 Å². The zero-order valence-electron chi connectivity index (χ0n) is 11.6. The van der Waals surface area contributed by atoms with Crippen molar-refractivity contribution in [1.29, 1.82) is 0 Å². The molecule has 0 aliphatic heterocycles. The largest absolute Gasteiger partial charge is 0.367 e. The Morgan fingerprint density at radius 1 is 1.27 bits per heavy atom. The van der Waals surface area contributed by atoms with Crippen LogP contribution < -0.4 is 16.4 Å². The number of benzene rings is 1. The van der Waals surface area contributed by atoms with Crippen LogP contribution in [0.4, 0.5) is 23.1 Å². The topological polar surface area (TPSA) is 119 Å². The maximum absolute atomic E-state index is 10.8. The Balaban J connectivity index is 0.00000220. The molecule has 2 aromatic rings. The fourth-order valence-electron chi connectivity index (χ4n) is 1.61. The van der Waals surface area contributed by atoms with Gasteiger partial charge in [0, 0.05) is 19.3 Å². The maximum atomic E-state index is 10.8. The Kier molecular flexibility index (Phi) is 8.10. The van der Waals surface area contributed by atoms with E-state index in [1.165, 1.54) is 0 Å². The van der Waals surface area contributed by atoms with Crippen molar-refractivity contribution in [2.45, 2.75) is 6.54 Å². The molecule has 120 valence electrons. The van der Waals surface area contributed by atoms with Gasteiger partial charge < -0.3 is 16.4 Å². The van der Waals surface area contributed by atoms with Gasteiger partial charge in [-0.25, -0.2) is 4.98 Å². The second-order valence-electron chi connectivity index (χ2n) is 3.96. The number of rotatable bonds is 5. The lowest BCUT2D eigenvalue weighted by Crippen LogP contribution is -2.04. The predicted octanol–water partition coefficient (Wildman–Crippen LogP) is 2.47. The molecule has 0 saturated carbocycles. The lowest BCUT2D eigenvalue weighted by molar-refractivity contribution is -0.384. The first-order chi connectivity index (χ1) is 9.63. The van der Waals surface area contributed by atoms with Crippen molar-refractivity contribution in [1.82, 2.24) is 9.97 Å². The average Bonchev–Trinajstić information content (AvgIpc) is 2.47. The molecule has 0 fully saturated rings. The summed E-state index contributed by atoms with van der Waals surface area (Å²) in [6.07, 6.45) is 1.16. The van der Waals surface area contributed by atoms with Gasteiger partial charge in [-0.3, -0.25) is 10.1 Å². The quantitative estimate of drug-likeness (QED) is 0.561. The zero-order chi connectivity index (χ0) is 14.5. The Morgan fingerprint density at radius 2 is 1.91 bits per heavy atom. The summed E-state index contributed by atoms with van der Waals surface area (Å²) in [7, 11) is 1.56. The number of hydrogen-bond acceptors (Lipinski definition) is 7. The molecule has 2 rings (SSSR count). The molecule has 4 N–H and O–H groups in total. The molecule has 1 aromatic heterocycles. The average molecular weight is 347 g/mol. The van der Waals surface area contributed by atoms with Gasteiger partial charge in [0.1, 0.15) is 6.20 Å². The molecular formula is C12H16Cl2N6O2. The number of nitrogens with two attached hydrogens (primary N) is 1. The second kappa shape index (κ2) is 8.98. The Labute approximate surface area is 139 Å². The van der Waals surface area contributed by atoms with Gasteiger partial charge in [-0.05, 0) is 17.7 Å². The second-order valence-corrected chi connectivity index (χ2v) is 3.96. The van der Waals surface area contributed by atoms with Crippen molar-refractivity contribution < 1.29 is 4.92 Å². The van der Waals surface area contributed by atoms with Crippen LogP contribution in [0.25, 0.3) is 0 Å². The third-order valence-corrected chi connectivity index (χ3v) is 2.65. The molecule has 1 heterocycles. The summed E-state index contributed by atoms with van der Waals surface area (Å²) in [6, 6.07) is 7.44. The number of nitro groups is 1. The monoisotopic (exact) mass is 346 g/mol. The fourth-order valence-corrected chi connectivity index (χ4v) is 1.61. The predicted molar refractivity (Wildman–Crippen MR) is 90.3 cm³/mol. The van der Waals surface area contributed by atoms with E-state index in [4.69, 9.17) is 5.73 Å². The van der Waals surface area contributed by atoms with Crippen molar-refractivity contribution in [3.63, 3.8) is 0 Å². The van der Waals surface area contributed by atoms with Gasteiger partial charge in [-0.1, -0.05) is 12.1 Å². The van der Waals surface area contributed by atoms with Crippen molar-refractivity contribution in [2.24, 2.45) is 5.73 Å². The van der Waals surface area contributed by atoms with E-state index in [0.29, 0.717) is 6.54 Å². The van der Waals surface area contributed by atoms with Crippen molar-refractivity contribution in [2.75, 3.05) is 17.7 Å². The molecule has 10 heteroatoms. The molecule has 1 aromatic carbocycles. The first-order valence-electron chi connectivity index (χ1n) is 5.89. The summed E-state index contributed by atoms with van der Waals surface area (Å²) in [6.45, 7) is 0.470.